The molecule has 0 spiro atoms. The van der Waals surface area contributed by atoms with E-state index in [1.54, 1.807) is 17.8 Å². The van der Waals surface area contributed by atoms with Crippen molar-refractivity contribution < 1.29 is 9.72 Å². The first-order valence-electron chi connectivity index (χ1n) is 7.92. The number of aromatic nitrogens is 2. The predicted molar refractivity (Wildman–Crippen MR) is 98.5 cm³/mol. The van der Waals surface area contributed by atoms with Crippen LogP contribution < -0.4 is 10.6 Å². The number of nitro groups is 1. The average molecular weight is 351 g/mol. The lowest BCUT2D eigenvalue weighted by Gasteiger charge is -2.13. The van der Waals surface area contributed by atoms with Crippen LogP contribution in [0, 0.1) is 17.0 Å². The molecule has 0 radical (unpaired) electrons. The molecule has 0 aliphatic heterocycles. The van der Waals surface area contributed by atoms with Gasteiger partial charge in [-0.3, -0.25) is 14.9 Å². The highest BCUT2D eigenvalue weighted by Gasteiger charge is 2.11. The number of nitrogens with one attached hydrogen (secondary N) is 2. The zero-order valence-corrected chi connectivity index (χ0v) is 14.0. The van der Waals surface area contributed by atoms with Crippen LogP contribution in [0.25, 0.3) is 5.69 Å². The van der Waals surface area contributed by atoms with E-state index in [-0.39, 0.29) is 18.1 Å². The Morgan fingerprint density at radius 3 is 2.69 bits per heavy atom. The summed E-state index contributed by atoms with van der Waals surface area (Å²) >= 11 is 0. The highest BCUT2D eigenvalue weighted by atomic mass is 16.6. The van der Waals surface area contributed by atoms with Gasteiger partial charge in [0, 0.05) is 30.2 Å². The van der Waals surface area contributed by atoms with Crippen molar-refractivity contribution in [1.29, 1.82) is 0 Å². The fourth-order valence-electron chi connectivity index (χ4n) is 2.51. The number of anilines is 2. The number of rotatable bonds is 6. The van der Waals surface area contributed by atoms with Crippen LogP contribution in [-0.2, 0) is 4.79 Å². The molecule has 0 unspecified atom stereocenters. The zero-order valence-electron chi connectivity index (χ0n) is 14.0. The summed E-state index contributed by atoms with van der Waals surface area (Å²) in [6.45, 7) is 1.76. The molecule has 0 aliphatic carbocycles. The molecule has 0 saturated carbocycles. The van der Waals surface area contributed by atoms with E-state index in [0.717, 1.165) is 11.4 Å². The third-order valence-corrected chi connectivity index (χ3v) is 3.79. The Hall–Kier alpha value is -3.68. The number of hydrogen-bond acceptors (Lipinski definition) is 5. The van der Waals surface area contributed by atoms with Gasteiger partial charge in [-0.25, -0.2) is 4.68 Å². The molecule has 8 nitrogen and oxygen atoms in total. The summed E-state index contributed by atoms with van der Waals surface area (Å²) in [5, 5.41) is 20.8. The average Bonchev–Trinajstić information content (AvgIpc) is 3.16. The lowest BCUT2D eigenvalue weighted by Crippen LogP contribution is -2.22. The second kappa shape index (κ2) is 7.47. The summed E-state index contributed by atoms with van der Waals surface area (Å²) in [6, 6.07) is 13.7. The number of nitrogens with zero attached hydrogens (tertiary/aromatic N) is 3. The predicted octanol–water partition coefficient (Wildman–Crippen LogP) is 3.14. The molecule has 2 aromatic carbocycles. The second-order valence-electron chi connectivity index (χ2n) is 5.63. The molecule has 26 heavy (non-hydrogen) atoms. The van der Waals surface area contributed by atoms with Gasteiger partial charge in [0.25, 0.3) is 5.69 Å². The minimum atomic E-state index is -0.466. The number of carbonyl (C=O) groups excluding carboxylic acids is 1. The first-order chi connectivity index (χ1) is 12.5. The molecule has 3 rings (SSSR count). The number of non-ortho nitro benzene ring substituents is 1. The molecular weight excluding hydrogens is 334 g/mol. The van der Waals surface area contributed by atoms with Crippen LogP contribution >= 0.6 is 0 Å². The molecule has 0 saturated heterocycles. The van der Waals surface area contributed by atoms with Crippen molar-refractivity contribution in [3.05, 3.63) is 76.6 Å². The molecule has 2 N–H and O–H groups in total. The van der Waals surface area contributed by atoms with Gasteiger partial charge in [-0.15, -0.1) is 0 Å². The van der Waals surface area contributed by atoms with Crippen molar-refractivity contribution in [2.24, 2.45) is 0 Å². The molecule has 1 amide bonds. The van der Waals surface area contributed by atoms with Crippen molar-refractivity contribution >= 4 is 23.0 Å². The molecule has 1 heterocycles. The van der Waals surface area contributed by atoms with E-state index in [4.69, 9.17) is 0 Å². The molecule has 132 valence electrons. The number of carbonyl (C=O) groups is 1. The number of benzene rings is 2. The van der Waals surface area contributed by atoms with Crippen LogP contribution in [0.2, 0.25) is 0 Å². The minimum Gasteiger partial charge on any atom is -0.374 e. The second-order valence-corrected chi connectivity index (χ2v) is 5.63. The van der Waals surface area contributed by atoms with Gasteiger partial charge in [0.05, 0.1) is 22.8 Å². The van der Waals surface area contributed by atoms with Crippen LogP contribution in [-0.4, -0.2) is 27.2 Å². The maximum absolute atomic E-state index is 12.2. The first kappa shape index (κ1) is 17.2. The monoisotopic (exact) mass is 351 g/mol. The van der Waals surface area contributed by atoms with Crippen LogP contribution in [0.4, 0.5) is 17.1 Å². The van der Waals surface area contributed by atoms with Gasteiger partial charge in [-0.1, -0.05) is 12.1 Å². The first-order valence-corrected chi connectivity index (χ1v) is 7.92. The third kappa shape index (κ3) is 3.86. The molecule has 0 atom stereocenters. The van der Waals surface area contributed by atoms with E-state index in [1.165, 1.54) is 18.2 Å². The van der Waals surface area contributed by atoms with E-state index in [0.29, 0.717) is 11.3 Å². The van der Waals surface area contributed by atoms with Gasteiger partial charge < -0.3 is 10.6 Å². The molecule has 8 heteroatoms. The van der Waals surface area contributed by atoms with E-state index >= 15 is 0 Å². The standard InChI is InChI=1S/C18H17N5O3/c1-13-11-14(23(25)26)7-8-15(13)21-18(24)12-19-16-5-2-3-6-17(16)22-10-4-9-20-22/h2-11,19H,12H2,1H3,(H,21,24). The lowest BCUT2D eigenvalue weighted by molar-refractivity contribution is -0.384. The maximum atomic E-state index is 12.2. The number of para-hydroxylation sites is 2. The normalized spacial score (nSPS) is 10.3. The lowest BCUT2D eigenvalue weighted by atomic mass is 10.2. The fraction of sp³-hybridized carbons (Fsp3) is 0.111. The van der Waals surface area contributed by atoms with Gasteiger partial charge in [0.2, 0.25) is 5.91 Å². The SMILES string of the molecule is Cc1cc([N+](=O)[O-])ccc1NC(=O)CNc1ccccc1-n1cccn1. The van der Waals surface area contributed by atoms with Crippen molar-refractivity contribution in [1.82, 2.24) is 9.78 Å². The largest absolute Gasteiger partial charge is 0.374 e. The molecular formula is C18H17N5O3. The van der Waals surface area contributed by atoms with Crippen LogP contribution in [0.1, 0.15) is 5.56 Å². The topological polar surface area (TPSA) is 102 Å². The third-order valence-electron chi connectivity index (χ3n) is 3.79. The van der Waals surface area contributed by atoms with Gasteiger partial charge in [0.1, 0.15) is 0 Å². The Balaban J connectivity index is 1.66. The number of amides is 1. The quantitative estimate of drug-likeness (QED) is 0.525. The van der Waals surface area contributed by atoms with Crippen LogP contribution in [0.15, 0.2) is 60.9 Å². The number of nitro benzene ring substituents is 1. The van der Waals surface area contributed by atoms with E-state index in [2.05, 4.69) is 15.7 Å². The van der Waals surface area contributed by atoms with Gasteiger partial charge in [-0.2, -0.15) is 5.10 Å². The molecule has 0 fully saturated rings. The Morgan fingerprint density at radius 2 is 2.00 bits per heavy atom. The van der Waals surface area contributed by atoms with Crippen molar-refractivity contribution in [3.8, 4) is 5.69 Å². The molecule has 1 aromatic heterocycles. The van der Waals surface area contributed by atoms with Gasteiger partial charge >= 0.3 is 0 Å². The summed E-state index contributed by atoms with van der Waals surface area (Å²) in [7, 11) is 0. The van der Waals surface area contributed by atoms with Crippen molar-refractivity contribution in [3.63, 3.8) is 0 Å². The van der Waals surface area contributed by atoms with Crippen LogP contribution in [0.3, 0.4) is 0 Å². The summed E-state index contributed by atoms with van der Waals surface area (Å²) < 4.78 is 1.71. The maximum Gasteiger partial charge on any atom is 0.269 e. The van der Waals surface area contributed by atoms with Gasteiger partial charge in [0.15, 0.2) is 0 Å². The summed E-state index contributed by atoms with van der Waals surface area (Å²) in [6.07, 6.45) is 3.50. The number of hydrogen-bond donors (Lipinski definition) is 2. The Bertz CT molecular complexity index is 938. The highest BCUT2D eigenvalue weighted by Crippen LogP contribution is 2.22. The summed E-state index contributed by atoms with van der Waals surface area (Å²) in [5.41, 5.74) is 2.77. The van der Waals surface area contributed by atoms with Crippen molar-refractivity contribution in [2.75, 3.05) is 17.2 Å². The van der Waals surface area contributed by atoms with E-state index < -0.39 is 4.92 Å². The Kier molecular flexibility index (Phi) is 4.93. The molecule has 3 aromatic rings. The highest BCUT2D eigenvalue weighted by molar-refractivity contribution is 5.94. The van der Waals surface area contributed by atoms with E-state index in [9.17, 15) is 14.9 Å². The van der Waals surface area contributed by atoms with Gasteiger partial charge in [-0.05, 0) is 36.8 Å². The Morgan fingerprint density at radius 1 is 1.19 bits per heavy atom. The van der Waals surface area contributed by atoms with Crippen molar-refractivity contribution in [2.45, 2.75) is 6.92 Å². The van der Waals surface area contributed by atoms with E-state index in [1.807, 2.05) is 36.5 Å². The number of aryl methyl sites for hydroxylation is 1. The molecule has 0 bridgehead atoms. The zero-order chi connectivity index (χ0) is 18.5. The fourth-order valence-corrected chi connectivity index (χ4v) is 2.51. The smallest absolute Gasteiger partial charge is 0.269 e. The molecule has 0 aliphatic rings. The Labute approximate surface area is 149 Å². The minimum absolute atomic E-state index is 0.00762. The summed E-state index contributed by atoms with van der Waals surface area (Å²) in [4.78, 5) is 22.5. The summed E-state index contributed by atoms with van der Waals surface area (Å²) in [5.74, 6) is -0.253. The van der Waals surface area contributed by atoms with Crippen LogP contribution in [0.5, 0.6) is 0 Å².